The molecule has 5 heteroatoms. The van der Waals surface area contributed by atoms with Gasteiger partial charge in [-0.15, -0.1) is 0 Å². The number of hydrogen-bond acceptors (Lipinski definition) is 4. The van der Waals surface area contributed by atoms with Gasteiger partial charge in [0.15, 0.2) is 5.78 Å². The molecule has 0 unspecified atom stereocenters. The van der Waals surface area contributed by atoms with Gasteiger partial charge < -0.3 is 16.2 Å². The summed E-state index contributed by atoms with van der Waals surface area (Å²) in [5, 5.41) is 1.92. The summed E-state index contributed by atoms with van der Waals surface area (Å²) in [6.45, 7) is 1.72. The highest BCUT2D eigenvalue weighted by Crippen LogP contribution is 2.38. The Bertz CT molecular complexity index is 1260. The summed E-state index contributed by atoms with van der Waals surface area (Å²) in [5.41, 5.74) is 17.1. The third-order valence-corrected chi connectivity index (χ3v) is 5.39. The largest absolute Gasteiger partial charge is 0.495 e. The van der Waals surface area contributed by atoms with Gasteiger partial charge >= 0.3 is 0 Å². The summed E-state index contributed by atoms with van der Waals surface area (Å²) in [7, 11) is 3.61. The van der Waals surface area contributed by atoms with E-state index in [1.54, 1.807) is 14.0 Å². The number of methoxy groups -OCH3 is 1. The van der Waals surface area contributed by atoms with Gasteiger partial charge in [-0.3, -0.25) is 4.79 Å². The first-order valence-electron chi connectivity index (χ1n) is 9.51. The number of hydrogen-bond donors (Lipinski definition) is 2. The smallest absolute Gasteiger partial charge is 0.214 e. The fraction of sp³-hybridized carbons (Fsp3) is 0.167. The second-order valence-electron chi connectivity index (χ2n) is 7.26. The Kier molecular flexibility index (Phi) is 4.68. The molecule has 0 fully saturated rings. The number of nitrogens with zero attached hydrogens (tertiary/aromatic N) is 1. The Labute approximate surface area is 169 Å². The van der Waals surface area contributed by atoms with E-state index in [2.05, 4.69) is 16.7 Å². The molecule has 0 bridgehead atoms. The third kappa shape index (κ3) is 3.00. The van der Waals surface area contributed by atoms with Crippen LogP contribution in [-0.2, 0) is 7.05 Å². The van der Waals surface area contributed by atoms with Gasteiger partial charge in [-0.2, -0.15) is 4.57 Å². The van der Waals surface area contributed by atoms with Crippen LogP contribution < -0.4 is 20.8 Å². The SMILES string of the molecule is COc1cc(-c2c3ccccc3[n+](C)c3cccc(C(=O)[C@H](C)N)c23)ccc1N. The fourth-order valence-electron chi connectivity index (χ4n) is 3.94. The highest BCUT2D eigenvalue weighted by Gasteiger charge is 2.25. The molecule has 29 heavy (non-hydrogen) atoms. The first-order chi connectivity index (χ1) is 13.9. The lowest BCUT2D eigenvalue weighted by Crippen LogP contribution is -2.32. The van der Waals surface area contributed by atoms with Crippen LogP contribution in [0.1, 0.15) is 17.3 Å². The van der Waals surface area contributed by atoms with Crippen molar-refractivity contribution in [3.8, 4) is 16.9 Å². The predicted octanol–water partition coefficient (Wildman–Crippen LogP) is 3.61. The number of carbonyl (C=O) groups excluding carboxylic acids is 1. The topological polar surface area (TPSA) is 82.2 Å². The zero-order valence-corrected chi connectivity index (χ0v) is 16.8. The van der Waals surface area contributed by atoms with Crippen molar-refractivity contribution in [2.45, 2.75) is 13.0 Å². The van der Waals surface area contributed by atoms with Gasteiger partial charge in [-0.05, 0) is 30.7 Å². The van der Waals surface area contributed by atoms with E-state index in [0.717, 1.165) is 32.9 Å². The second kappa shape index (κ2) is 7.18. The molecule has 3 aromatic carbocycles. The van der Waals surface area contributed by atoms with Crippen LogP contribution in [0.2, 0.25) is 0 Å². The van der Waals surface area contributed by atoms with Crippen LogP contribution in [-0.4, -0.2) is 18.9 Å². The first-order valence-corrected chi connectivity index (χ1v) is 9.51. The number of ketones is 1. The minimum Gasteiger partial charge on any atom is -0.495 e. The molecule has 0 saturated heterocycles. The maximum absolute atomic E-state index is 13.0. The van der Waals surface area contributed by atoms with Crippen molar-refractivity contribution in [3.63, 3.8) is 0 Å². The molecule has 0 aliphatic carbocycles. The average Bonchev–Trinajstić information content (AvgIpc) is 2.74. The minimum absolute atomic E-state index is 0.0884. The molecule has 4 aromatic rings. The Balaban J connectivity index is 2.24. The molecule has 1 aromatic heterocycles. The number of Topliss-reactive ketones (excluding diaryl/α,β-unsaturated/α-hetero) is 1. The molecule has 4 rings (SSSR count). The molecule has 1 heterocycles. The van der Waals surface area contributed by atoms with Crippen LogP contribution in [0.15, 0.2) is 60.7 Å². The number of rotatable bonds is 4. The van der Waals surface area contributed by atoms with Gasteiger partial charge in [0.05, 0.1) is 29.6 Å². The molecule has 0 saturated carbocycles. The number of ether oxygens (including phenoxy) is 1. The lowest BCUT2D eigenvalue weighted by Gasteiger charge is -2.15. The van der Waals surface area contributed by atoms with Crippen LogP contribution in [0.4, 0.5) is 5.69 Å². The molecular weight excluding hydrogens is 362 g/mol. The molecular formula is C24H24N3O2+. The number of anilines is 1. The lowest BCUT2D eigenvalue weighted by atomic mass is 9.90. The van der Waals surface area contributed by atoms with Gasteiger partial charge in [-0.25, -0.2) is 0 Å². The van der Waals surface area contributed by atoms with E-state index in [1.807, 2.05) is 55.6 Å². The van der Waals surface area contributed by atoms with E-state index in [9.17, 15) is 4.79 Å². The van der Waals surface area contributed by atoms with E-state index in [-0.39, 0.29) is 5.78 Å². The number of para-hydroxylation sites is 1. The highest BCUT2D eigenvalue weighted by molar-refractivity contribution is 6.17. The molecule has 0 radical (unpaired) electrons. The minimum atomic E-state index is -0.591. The quantitative estimate of drug-likeness (QED) is 0.243. The number of nitrogen functional groups attached to an aromatic ring is 1. The Hall–Kier alpha value is -3.44. The molecule has 4 N–H and O–H groups in total. The van der Waals surface area contributed by atoms with Crippen molar-refractivity contribution in [1.82, 2.24) is 0 Å². The van der Waals surface area contributed by atoms with Crippen molar-refractivity contribution in [2.24, 2.45) is 12.8 Å². The summed E-state index contributed by atoms with van der Waals surface area (Å²) < 4.78 is 7.57. The van der Waals surface area contributed by atoms with Crippen LogP contribution >= 0.6 is 0 Å². The monoisotopic (exact) mass is 386 g/mol. The lowest BCUT2D eigenvalue weighted by molar-refractivity contribution is -0.617. The molecule has 5 nitrogen and oxygen atoms in total. The van der Waals surface area contributed by atoms with Gasteiger partial charge in [0, 0.05) is 23.3 Å². The third-order valence-electron chi connectivity index (χ3n) is 5.39. The zero-order chi connectivity index (χ0) is 20.7. The van der Waals surface area contributed by atoms with Crippen LogP contribution in [0, 0.1) is 0 Å². The Morgan fingerprint density at radius 3 is 2.48 bits per heavy atom. The summed E-state index contributed by atoms with van der Waals surface area (Å²) in [6, 6.07) is 19.1. The highest BCUT2D eigenvalue weighted by atomic mass is 16.5. The van der Waals surface area contributed by atoms with Gasteiger partial charge in [-0.1, -0.05) is 30.3 Å². The fourth-order valence-corrected chi connectivity index (χ4v) is 3.94. The number of fused-ring (bicyclic) bond motifs is 2. The second-order valence-corrected chi connectivity index (χ2v) is 7.26. The Morgan fingerprint density at radius 1 is 1.03 bits per heavy atom. The molecule has 146 valence electrons. The molecule has 1 atom stereocenters. The van der Waals surface area contributed by atoms with E-state index in [1.165, 1.54) is 0 Å². The van der Waals surface area contributed by atoms with Gasteiger partial charge in [0.2, 0.25) is 11.0 Å². The molecule has 0 aliphatic rings. The number of benzene rings is 3. The molecule has 0 spiro atoms. The van der Waals surface area contributed by atoms with Crippen molar-refractivity contribution in [1.29, 1.82) is 0 Å². The average molecular weight is 386 g/mol. The van der Waals surface area contributed by atoms with E-state index in [0.29, 0.717) is 17.0 Å². The molecule has 0 amide bonds. The van der Waals surface area contributed by atoms with E-state index >= 15 is 0 Å². The van der Waals surface area contributed by atoms with Crippen molar-refractivity contribution in [3.05, 3.63) is 66.2 Å². The standard InChI is InChI=1S/C24H23N3O2/c1-14(25)24(28)17-8-6-10-20-23(17)22(15-11-12-18(26)21(13-15)29-3)16-7-4-5-9-19(16)27(20)2/h4-14,26H,25H2,1-3H3/p+1/t14-/m0/s1. The van der Waals surface area contributed by atoms with Crippen molar-refractivity contribution in [2.75, 3.05) is 12.8 Å². The summed E-state index contributed by atoms with van der Waals surface area (Å²) in [6.07, 6.45) is 0. The molecule has 0 aliphatic heterocycles. The number of pyridine rings is 1. The first kappa shape index (κ1) is 18.9. The maximum atomic E-state index is 13.0. The van der Waals surface area contributed by atoms with Crippen LogP contribution in [0.25, 0.3) is 32.9 Å². The summed E-state index contributed by atoms with van der Waals surface area (Å²) in [4.78, 5) is 13.0. The number of carbonyl (C=O) groups is 1. The Morgan fingerprint density at radius 2 is 1.76 bits per heavy atom. The number of aromatic nitrogens is 1. The van der Waals surface area contributed by atoms with Gasteiger partial charge in [0.1, 0.15) is 12.8 Å². The van der Waals surface area contributed by atoms with Gasteiger partial charge in [0.25, 0.3) is 0 Å². The number of nitrogens with two attached hydrogens (primary N) is 2. The zero-order valence-electron chi connectivity index (χ0n) is 16.8. The van der Waals surface area contributed by atoms with Crippen molar-refractivity contribution < 1.29 is 14.1 Å². The van der Waals surface area contributed by atoms with Crippen LogP contribution in [0.5, 0.6) is 5.75 Å². The van der Waals surface area contributed by atoms with Crippen molar-refractivity contribution >= 4 is 33.3 Å². The summed E-state index contributed by atoms with van der Waals surface area (Å²) in [5.74, 6) is 0.513. The maximum Gasteiger partial charge on any atom is 0.214 e. The van der Waals surface area contributed by atoms with E-state index < -0.39 is 6.04 Å². The van der Waals surface area contributed by atoms with Crippen LogP contribution in [0.3, 0.4) is 0 Å². The van der Waals surface area contributed by atoms with E-state index in [4.69, 9.17) is 16.2 Å². The predicted molar refractivity (Wildman–Crippen MR) is 117 cm³/mol. The summed E-state index contributed by atoms with van der Waals surface area (Å²) >= 11 is 0. The normalized spacial score (nSPS) is 12.3. The number of aryl methyl sites for hydroxylation is 1.